The van der Waals surface area contributed by atoms with Crippen molar-refractivity contribution in [3.05, 3.63) is 45.9 Å². The number of ether oxygens (including phenoxy) is 1. The van der Waals surface area contributed by atoms with E-state index in [4.69, 9.17) is 4.74 Å². The van der Waals surface area contributed by atoms with Gasteiger partial charge in [0.15, 0.2) is 0 Å². The van der Waals surface area contributed by atoms with Crippen LogP contribution in [0.1, 0.15) is 29.1 Å². The van der Waals surface area contributed by atoms with Crippen LogP contribution < -0.4 is 15.4 Å². The van der Waals surface area contributed by atoms with Gasteiger partial charge in [-0.3, -0.25) is 4.79 Å². The number of aryl methyl sites for hydroxylation is 1. The van der Waals surface area contributed by atoms with Crippen LogP contribution in [-0.2, 0) is 17.8 Å². The molecule has 1 atom stereocenters. The molecule has 1 fully saturated rings. The number of aromatic nitrogens is 1. The predicted molar refractivity (Wildman–Crippen MR) is 99.9 cm³/mol. The van der Waals surface area contributed by atoms with E-state index in [-0.39, 0.29) is 5.91 Å². The van der Waals surface area contributed by atoms with Gasteiger partial charge in [-0.1, -0.05) is 17.7 Å². The molecule has 0 spiro atoms. The average molecular weight is 359 g/mol. The molecular weight excluding hydrogens is 334 g/mol. The summed E-state index contributed by atoms with van der Waals surface area (Å²) < 4.78 is 5.73. The quantitative estimate of drug-likeness (QED) is 0.798. The van der Waals surface area contributed by atoms with E-state index in [9.17, 15) is 4.79 Å². The van der Waals surface area contributed by atoms with Gasteiger partial charge in [0.2, 0.25) is 5.91 Å². The van der Waals surface area contributed by atoms with E-state index in [1.54, 1.807) is 0 Å². The SMILES string of the molecule is Cc1ccc(OCc2nc(CC(=O)NCC3CCCNC3)cs2)cc1. The predicted octanol–water partition coefficient (Wildman–Crippen LogP) is 2.69. The average Bonchev–Trinajstić information content (AvgIpc) is 3.08. The molecule has 1 aliphatic heterocycles. The fraction of sp³-hybridized carbons (Fsp3) is 0.474. The van der Waals surface area contributed by atoms with E-state index in [2.05, 4.69) is 15.6 Å². The van der Waals surface area contributed by atoms with Crippen LogP contribution in [0.3, 0.4) is 0 Å². The smallest absolute Gasteiger partial charge is 0.226 e. The summed E-state index contributed by atoms with van der Waals surface area (Å²) in [4.78, 5) is 16.6. The maximum absolute atomic E-state index is 12.1. The van der Waals surface area contributed by atoms with Crippen molar-refractivity contribution in [2.45, 2.75) is 32.8 Å². The van der Waals surface area contributed by atoms with Gasteiger partial charge < -0.3 is 15.4 Å². The van der Waals surface area contributed by atoms with Crippen molar-refractivity contribution in [3.8, 4) is 5.75 Å². The summed E-state index contributed by atoms with van der Waals surface area (Å²) in [5.41, 5.74) is 2.02. The summed E-state index contributed by atoms with van der Waals surface area (Å²) in [5, 5.41) is 9.22. The number of hydrogen-bond acceptors (Lipinski definition) is 5. The van der Waals surface area contributed by atoms with Crippen LogP contribution in [0.2, 0.25) is 0 Å². The summed E-state index contributed by atoms with van der Waals surface area (Å²) >= 11 is 1.53. The first-order chi connectivity index (χ1) is 12.2. The van der Waals surface area contributed by atoms with Crippen LogP contribution in [0, 0.1) is 12.8 Å². The number of carbonyl (C=O) groups is 1. The molecule has 25 heavy (non-hydrogen) atoms. The van der Waals surface area contributed by atoms with Crippen molar-refractivity contribution in [1.29, 1.82) is 0 Å². The Labute approximate surface area is 152 Å². The van der Waals surface area contributed by atoms with Gasteiger partial charge >= 0.3 is 0 Å². The Morgan fingerprint density at radius 3 is 3.00 bits per heavy atom. The highest BCUT2D eigenvalue weighted by molar-refractivity contribution is 7.09. The number of amides is 1. The number of benzene rings is 1. The summed E-state index contributed by atoms with van der Waals surface area (Å²) in [7, 11) is 0. The molecule has 0 radical (unpaired) electrons. The Morgan fingerprint density at radius 2 is 2.24 bits per heavy atom. The standard InChI is InChI=1S/C19H25N3O2S/c1-14-4-6-17(7-5-14)24-12-19-22-16(13-25-19)9-18(23)21-11-15-3-2-8-20-10-15/h4-7,13,15,20H,2-3,8-12H2,1H3,(H,21,23). The van der Waals surface area contributed by atoms with Crippen molar-refractivity contribution in [2.24, 2.45) is 5.92 Å². The molecule has 2 aromatic rings. The largest absolute Gasteiger partial charge is 0.486 e. The summed E-state index contributed by atoms with van der Waals surface area (Å²) in [6, 6.07) is 7.96. The topological polar surface area (TPSA) is 63.2 Å². The molecule has 1 unspecified atom stereocenters. The summed E-state index contributed by atoms with van der Waals surface area (Å²) in [6.07, 6.45) is 2.71. The van der Waals surface area contributed by atoms with E-state index >= 15 is 0 Å². The number of carbonyl (C=O) groups excluding carboxylic acids is 1. The third-order valence-electron chi connectivity index (χ3n) is 4.31. The molecule has 1 amide bonds. The fourth-order valence-corrected chi connectivity index (χ4v) is 3.56. The van der Waals surface area contributed by atoms with Crippen LogP contribution in [0.4, 0.5) is 0 Å². The van der Waals surface area contributed by atoms with Crippen LogP contribution in [0.5, 0.6) is 5.75 Å². The molecule has 5 nitrogen and oxygen atoms in total. The third-order valence-corrected chi connectivity index (χ3v) is 5.18. The molecule has 1 aliphatic rings. The molecule has 0 saturated carbocycles. The fourth-order valence-electron chi connectivity index (χ4n) is 2.86. The minimum absolute atomic E-state index is 0.0434. The molecule has 134 valence electrons. The molecule has 0 bridgehead atoms. The zero-order chi connectivity index (χ0) is 17.5. The monoisotopic (exact) mass is 359 g/mol. The molecular formula is C19H25N3O2S. The van der Waals surface area contributed by atoms with Crippen molar-refractivity contribution in [2.75, 3.05) is 19.6 Å². The van der Waals surface area contributed by atoms with Crippen molar-refractivity contribution in [3.63, 3.8) is 0 Å². The van der Waals surface area contributed by atoms with E-state index in [0.717, 1.165) is 36.1 Å². The zero-order valence-corrected chi connectivity index (χ0v) is 15.4. The second-order valence-electron chi connectivity index (χ2n) is 6.53. The highest BCUT2D eigenvalue weighted by Gasteiger charge is 2.14. The van der Waals surface area contributed by atoms with E-state index in [1.807, 2.05) is 36.6 Å². The van der Waals surface area contributed by atoms with Gasteiger partial charge in [0.05, 0.1) is 12.1 Å². The molecule has 2 N–H and O–H groups in total. The Balaban J connectivity index is 1.41. The second kappa shape index (κ2) is 8.97. The Bertz CT molecular complexity index is 678. The lowest BCUT2D eigenvalue weighted by atomic mass is 10.00. The van der Waals surface area contributed by atoms with Gasteiger partial charge in [-0.15, -0.1) is 11.3 Å². The first-order valence-electron chi connectivity index (χ1n) is 8.79. The molecule has 3 rings (SSSR count). The number of rotatable bonds is 7. The number of hydrogen-bond donors (Lipinski definition) is 2. The third kappa shape index (κ3) is 5.83. The number of nitrogens with one attached hydrogen (secondary N) is 2. The summed E-state index contributed by atoms with van der Waals surface area (Å²) in [5.74, 6) is 1.43. The number of piperidine rings is 1. The van der Waals surface area contributed by atoms with Crippen LogP contribution in [0.15, 0.2) is 29.6 Å². The molecule has 1 saturated heterocycles. The Morgan fingerprint density at radius 1 is 1.40 bits per heavy atom. The second-order valence-corrected chi connectivity index (χ2v) is 7.47. The number of nitrogens with zero attached hydrogens (tertiary/aromatic N) is 1. The van der Waals surface area contributed by atoms with Gasteiger partial charge in [0, 0.05) is 11.9 Å². The van der Waals surface area contributed by atoms with Crippen molar-refractivity contribution < 1.29 is 9.53 Å². The van der Waals surface area contributed by atoms with Crippen molar-refractivity contribution in [1.82, 2.24) is 15.6 Å². The Kier molecular flexibility index (Phi) is 6.42. The minimum atomic E-state index is 0.0434. The first-order valence-corrected chi connectivity index (χ1v) is 9.67. The Hall–Kier alpha value is -1.92. The maximum atomic E-state index is 12.1. The molecule has 6 heteroatoms. The van der Waals surface area contributed by atoms with Gasteiger partial charge in [-0.05, 0) is 50.9 Å². The lowest BCUT2D eigenvalue weighted by Crippen LogP contribution is -2.38. The van der Waals surface area contributed by atoms with Crippen LogP contribution >= 0.6 is 11.3 Å². The zero-order valence-electron chi connectivity index (χ0n) is 14.6. The molecule has 1 aromatic heterocycles. The number of thiazole rings is 1. The molecule has 2 heterocycles. The van der Waals surface area contributed by atoms with E-state index in [0.29, 0.717) is 18.9 Å². The minimum Gasteiger partial charge on any atom is -0.486 e. The highest BCUT2D eigenvalue weighted by atomic mass is 32.1. The van der Waals surface area contributed by atoms with Crippen LogP contribution in [0.25, 0.3) is 0 Å². The molecule has 1 aromatic carbocycles. The van der Waals surface area contributed by atoms with E-state index < -0.39 is 0 Å². The normalized spacial score (nSPS) is 17.2. The first kappa shape index (κ1) is 17.9. The lowest BCUT2D eigenvalue weighted by molar-refractivity contribution is -0.120. The molecule has 0 aliphatic carbocycles. The van der Waals surface area contributed by atoms with Gasteiger partial charge in [0.1, 0.15) is 17.4 Å². The summed E-state index contributed by atoms with van der Waals surface area (Å²) in [6.45, 7) is 5.32. The van der Waals surface area contributed by atoms with Gasteiger partial charge in [-0.2, -0.15) is 0 Å². The van der Waals surface area contributed by atoms with Gasteiger partial charge in [-0.25, -0.2) is 4.98 Å². The van der Waals surface area contributed by atoms with Crippen molar-refractivity contribution >= 4 is 17.2 Å². The van der Waals surface area contributed by atoms with Gasteiger partial charge in [0.25, 0.3) is 0 Å². The maximum Gasteiger partial charge on any atom is 0.226 e. The van der Waals surface area contributed by atoms with Crippen LogP contribution in [-0.4, -0.2) is 30.5 Å². The highest BCUT2D eigenvalue weighted by Crippen LogP contribution is 2.16. The lowest BCUT2D eigenvalue weighted by Gasteiger charge is -2.22. The van der Waals surface area contributed by atoms with E-state index in [1.165, 1.54) is 29.7 Å².